The summed E-state index contributed by atoms with van der Waals surface area (Å²) in [5.41, 5.74) is 0.662. The summed E-state index contributed by atoms with van der Waals surface area (Å²) in [5.74, 6) is 0.457. The third kappa shape index (κ3) is 4.82. The molecule has 3 nitrogen and oxygen atoms in total. The Hall–Kier alpha value is -0.810. The van der Waals surface area contributed by atoms with Gasteiger partial charge in [0.15, 0.2) is 5.78 Å². The van der Waals surface area contributed by atoms with Gasteiger partial charge in [0.25, 0.3) is 0 Å². The number of hydrogen-bond acceptors (Lipinski definition) is 3. The first-order valence-corrected chi connectivity index (χ1v) is 7.52. The number of thioether (sulfide) groups is 1. The van der Waals surface area contributed by atoms with Crippen molar-refractivity contribution in [2.45, 2.75) is 25.2 Å². The van der Waals surface area contributed by atoms with Crippen molar-refractivity contribution in [3.8, 4) is 0 Å². The van der Waals surface area contributed by atoms with Gasteiger partial charge in [0, 0.05) is 21.5 Å². The molecule has 1 N–H and O–H groups in total. The van der Waals surface area contributed by atoms with Crippen LogP contribution in [0.1, 0.15) is 30.6 Å². The summed E-state index contributed by atoms with van der Waals surface area (Å²) in [7, 11) is 0. The van der Waals surface area contributed by atoms with Gasteiger partial charge >= 0.3 is 0 Å². The van der Waals surface area contributed by atoms with E-state index in [9.17, 15) is 9.59 Å². The summed E-state index contributed by atoms with van der Waals surface area (Å²) < 4.78 is 0.772. The normalized spacial score (nSPS) is 10.2. The third-order valence-electron chi connectivity index (χ3n) is 2.26. The maximum absolute atomic E-state index is 11.4. The summed E-state index contributed by atoms with van der Waals surface area (Å²) >= 11 is 4.82. The van der Waals surface area contributed by atoms with E-state index in [4.69, 9.17) is 0 Å². The molecule has 5 heteroatoms. The molecule has 1 rings (SSSR count). The fourth-order valence-electron chi connectivity index (χ4n) is 1.34. The van der Waals surface area contributed by atoms with Crippen LogP contribution in [0, 0.1) is 0 Å². The second kappa shape index (κ2) is 7.59. The molecule has 0 saturated heterocycles. The van der Waals surface area contributed by atoms with Gasteiger partial charge in [-0.1, -0.05) is 22.9 Å². The number of amides is 1. The Morgan fingerprint density at radius 2 is 2.11 bits per heavy atom. The quantitative estimate of drug-likeness (QED) is 0.643. The third-order valence-corrected chi connectivity index (χ3v) is 3.91. The molecule has 0 spiro atoms. The van der Waals surface area contributed by atoms with Crippen molar-refractivity contribution in [1.82, 2.24) is 5.32 Å². The molecule has 0 aromatic heterocycles. The molecular weight excluding hydrogens is 314 g/mol. The Bertz CT molecular complexity index is 449. The zero-order valence-electron chi connectivity index (χ0n) is 10.5. The Morgan fingerprint density at radius 1 is 1.39 bits per heavy atom. The molecule has 0 fully saturated rings. The first-order valence-electron chi connectivity index (χ1n) is 5.74. The SMILES string of the molecule is CCCNC(=O)CSc1ccc(C(C)=O)c(Br)c1. The maximum Gasteiger partial charge on any atom is 0.230 e. The highest BCUT2D eigenvalue weighted by Gasteiger charge is 2.07. The second-order valence-electron chi connectivity index (χ2n) is 3.84. The van der Waals surface area contributed by atoms with Gasteiger partial charge < -0.3 is 5.32 Å². The minimum absolute atomic E-state index is 0.0270. The number of carbonyl (C=O) groups is 2. The van der Waals surface area contributed by atoms with E-state index >= 15 is 0 Å². The number of Topliss-reactive ketones (excluding diaryl/α,β-unsaturated/α-hetero) is 1. The molecule has 1 aromatic carbocycles. The minimum Gasteiger partial charge on any atom is -0.355 e. The average Bonchev–Trinajstić information content (AvgIpc) is 2.33. The second-order valence-corrected chi connectivity index (χ2v) is 5.74. The highest BCUT2D eigenvalue weighted by Crippen LogP contribution is 2.25. The van der Waals surface area contributed by atoms with Crippen LogP contribution in [0.4, 0.5) is 0 Å². The lowest BCUT2D eigenvalue weighted by Crippen LogP contribution is -2.25. The fraction of sp³-hybridized carbons (Fsp3) is 0.385. The van der Waals surface area contributed by atoms with Crippen LogP contribution < -0.4 is 5.32 Å². The van der Waals surface area contributed by atoms with Gasteiger partial charge in [-0.3, -0.25) is 9.59 Å². The van der Waals surface area contributed by atoms with Crippen molar-refractivity contribution in [3.05, 3.63) is 28.2 Å². The molecule has 0 unspecified atom stereocenters. The summed E-state index contributed by atoms with van der Waals surface area (Å²) in [6, 6.07) is 5.51. The van der Waals surface area contributed by atoms with Gasteiger partial charge in [0.2, 0.25) is 5.91 Å². The van der Waals surface area contributed by atoms with E-state index in [2.05, 4.69) is 21.2 Å². The highest BCUT2D eigenvalue weighted by molar-refractivity contribution is 9.10. The number of rotatable bonds is 6. The van der Waals surface area contributed by atoms with Gasteiger partial charge in [0.05, 0.1) is 5.75 Å². The first kappa shape index (κ1) is 15.2. The van der Waals surface area contributed by atoms with Crippen LogP contribution in [-0.2, 0) is 4.79 Å². The van der Waals surface area contributed by atoms with Crippen LogP contribution in [0.2, 0.25) is 0 Å². The van der Waals surface area contributed by atoms with Crippen LogP contribution in [0.5, 0.6) is 0 Å². The molecule has 0 aliphatic heterocycles. The van der Waals surface area contributed by atoms with Crippen molar-refractivity contribution in [3.63, 3.8) is 0 Å². The largest absolute Gasteiger partial charge is 0.355 e. The summed E-state index contributed by atoms with van der Waals surface area (Å²) in [5, 5.41) is 2.82. The number of hydrogen-bond donors (Lipinski definition) is 1. The van der Waals surface area contributed by atoms with E-state index in [1.165, 1.54) is 18.7 Å². The molecule has 1 aromatic rings. The topological polar surface area (TPSA) is 46.2 Å². The van der Waals surface area contributed by atoms with Crippen molar-refractivity contribution in [2.24, 2.45) is 0 Å². The van der Waals surface area contributed by atoms with Gasteiger partial charge in [0.1, 0.15) is 0 Å². The summed E-state index contributed by atoms with van der Waals surface area (Å²) in [4.78, 5) is 23.7. The lowest BCUT2D eigenvalue weighted by molar-refractivity contribution is -0.118. The van der Waals surface area contributed by atoms with Crippen molar-refractivity contribution in [1.29, 1.82) is 0 Å². The Balaban J connectivity index is 2.56. The molecular formula is C13H16BrNO2S. The molecule has 18 heavy (non-hydrogen) atoms. The van der Waals surface area contributed by atoms with Crippen molar-refractivity contribution < 1.29 is 9.59 Å². The van der Waals surface area contributed by atoms with Crippen LogP contribution in [0.25, 0.3) is 0 Å². The highest BCUT2D eigenvalue weighted by atomic mass is 79.9. The van der Waals surface area contributed by atoms with Crippen LogP contribution in [0.3, 0.4) is 0 Å². The predicted molar refractivity (Wildman–Crippen MR) is 78.2 cm³/mol. The number of halogens is 1. The molecule has 0 saturated carbocycles. The number of ketones is 1. The summed E-state index contributed by atoms with van der Waals surface area (Å²) in [6.07, 6.45) is 0.940. The lowest BCUT2D eigenvalue weighted by atomic mass is 10.2. The molecule has 0 radical (unpaired) electrons. The predicted octanol–water partition coefficient (Wildman–Crippen LogP) is 3.27. The lowest BCUT2D eigenvalue weighted by Gasteiger charge is -2.05. The number of carbonyl (C=O) groups excluding carboxylic acids is 2. The smallest absolute Gasteiger partial charge is 0.230 e. The maximum atomic E-state index is 11.4. The fourth-order valence-corrected chi connectivity index (χ4v) is 2.91. The van der Waals surface area contributed by atoms with E-state index in [-0.39, 0.29) is 11.7 Å². The molecule has 0 aliphatic carbocycles. The molecule has 98 valence electrons. The van der Waals surface area contributed by atoms with Crippen LogP contribution in [0.15, 0.2) is 27.6 Å². The molecule has 0 aliphatic rings. The standard InChI is InChI=1S/C13H16BrNO2S/c1-3-6-15-13(17)8-18-10-4-5-11(9(2)16)12(14)7-10/h4-5,7H,3,6,8H2,1-2H3,(H,15,17). The molecule has 0 heterocycles. The molecule has 0 atom stereocenters. The van der Waals surface area contributed by atoms with Crippen LogP contribution >= 0.6 is 27.7 Å². The Morgan fingerprint density at radius 3 is 2.67 bits per heavy atom. The number of nitrogens with one attached hydrogen (secondary N) is 1. The van der Waals surface area contributed by atoms with Crippen molar-refractivity contribution in [2.75, 3.05) is 12.3 Å². The van der Waals surface area contributed by atoms with Gasteiger partial charge in [-0.05, 0) is 31.5 Å². The van der Waals surface area contributed by atoms with E-state index in [0.717, 1.165) is 15.8 Å². The van der Waals surface area contributed by atoms with Gasteiger partial charge in [-0.2, -0.15) is 0 Å². The number of benzene rings is 1. The van der Waals surface area contributed by atoms with E-state index in [0.29, 0.717) is 17.9 Å². The molecule has 1 amide bonds. The van der Waals surface area contributed by atoms with Crippen molar-refractivity contribution >= 4 is 39.4 Å². The first-order chi connectivity index (χ1) is 8.54. The minimum atomic E-state index is 0.0270. The van der Waals surface area contributed by atoms with E-state index < -0.39 is 0 Å². The van der Waals surface area contributed by atoms with E-state index in [1.807, 2.05) is 19.1 Å². The Labute approximate surface area is 120 Å². The van der Waals surface area contributed by atoms with Gasteiger partial charge in [-0.25, -0.2) is 0 Å². The molecule has 0 bridgehead atoms. The zero-order chi connectivity index (χ0) is 13.5. The zero-order valence-corrected chi connectivity index (χ0v) is 12.9. The van der Waals surface area contributed by atoms with E-state index in [1.54, 1.807) is 6.07 Å². The van der Waals surface area contributed by atoms with Crippen LogP contribution in [-0.4, -0.2) is 24.0 Å². The monoisotopic (exact) mass is 329 g/mol. The van der Waals surface area contributed by atoms with Gasteiger partial charge in [-0.15, -0.1) is 11.8 Å². The summed E-state index contributed by atoms with van der Waals surface area (Å²) in [6.45, 7) is 4.27. The Kier molecular flexibility index (Phi) is 6.43. The average molecular weight is 330 g/mol.